The summed E-state index contributed by atoms with van der Waals surface area (Å²) in [7, 11) is -4.58. The smallest absolute Gasteiger partial charge is 0.339 e. The van der Waals surface area contributed by atoms with Gasteiger partial charge in [-0.3, -0.25) is 0 Å². The minimum Gasteiger partial charge on any atom is -0.379 e. The third kappa shape index (κ3) is 4.16. The van der Waals surface area contributed by atoms with Crippen LogP contribution < -0.4 is 0 Å². The number of alkyl halides is 2. The number of aliphatic hydroxyl groups is 1. The first-order chi connectivity index (χ1) is 11.2. The second-order valence-corrected chi connectivity index (χ2v) is 7.31. The van der Waals surface area contributed by atoms with Crippen LogP contribution >= 0.6 is 11.3 Å². The van der Waals surface area contributed by atoms with Gasteiger partial charge >= 0.3 is 10.1 Å². The maximum atomic E-state index is 13.7. The molecule has 0 fully saturated rings. The second-order valence-electron chi connectivity index (χ2n) is 4.78. The molecule has 1 N–H and O–H groups in total. The molecular formula is C15H13F3O4S2. The highest BCUT2D eigenvalue weighted by Crippen LogP contribution is 2.33. The summed E-state index contributed by atoms with van der Waals surface area (Å²) < 4.78 is 68.0. The summed E-state index contributed by atoms with van der Waals surface area (Å²) in [5.41, 5.74) is 0.766. The molecule has 1 atom stereocenters. The Bertz CT molecular complexity index is 813. The van der Waals surface area contributed by atoms with Crippen molar-refractivity contribution in [3.8, 4) is 0 Å². The molecule has 0 bridgehead atoms. The van der Waals surface area contributed by atoms with Crippen LogP contribution in [-0.2, 0) is 14.3 Å². The van der Waals surface area contributed by atoms with Crippen LogP contribution in [0.1, 0.15) is 16.5 Å². The molecule has 0 saturated carbocycles. The highest BCUT2D eigenvalue weighted by molar-refractivity contribution is 7.86. The van der Waals surface area contributed by atoms with Crippen molar-refractivity contribution in [2.45, 2.75) is 24.3 Å². The van der Waals surface area contributed by atoms with Gasteiger partial charge in [0.25, 0.3) is 6.43 Å². The summed E-state index contributed by atoms with van der Waals surface area (Å²) in [4.78, 5) is -0.272. The van der Waals surface area contributed by atoms with E-state index in [9.17, 15) is 26.7 Å². The predicted octanol–water partition coefficient (Wildman–Crippen LogP) is 3.94. The molecule has 0 saturated heterocycles. The Morgan fingerprint density at radius 1 is 1.21 bits per heavy atom. The molecule has 2 aromatic rings. The highest BCUT2D eigenvalue weighted by Gasteiger charge is 2.31. The van der Waals surface area contributed by atoms with Crippen LogP contribution in [-0.4, -0.2) is 19.9 Å². The van der Waals surface area contributed by atoms with Crippen LogP contribution in [0, 0.1) is 6.92 Å². The zero-order chi connectivity index (χ0) is 17.9. The van der Waals surface area contributed by atoms with Gasteiger partial charge in [0.1, 0.15) is 11.0 Å². The van der Waals surface area contributed by atoms with E-state index in [4.69, 9.17) is 0 Å². The van der Waals surface area contributed by atoms with Crippen LogP contribution in [0.5, 0.6) is 0 Å². The molecule has 1 aromatic carbocycles. The van der Waals surface area contributed by atoms with E-state index in [1.165, 1.54) is 41.8 Å². The molecule has 24 heavy (non-hydrogen) atoms. The van der Waals surface area contributed by atoms with Gasteiger partial charge in [0.2, 0.25) is 5.83 Å². The first-order valence-electron chi connectivity index (χ1n) is 6.62. The number of hydrogen-bond donors (Lipinski definition) is 1. The molecule has 0 aliphatic carbocycles. The summed E-state index contributed by atoms with van der Waals surface area (Å²) in [5, 5.41) is 11.6. The van der Waals surface area contributed by atoms with Gasteiger partial charge in [-0.15, -0.1) is 11.3 Å². The van der Waals surface area contributed by atoms with Gasteiger partial charge in [0.15, 0.2) is 5.76 Å². The van der Waals surface area contributed by atoms with E-state index in [-0.39, 0.29) is 9.77 Å². The third-order valence-electron chi connectivity index (χ3n) is 3.00. The molecule has 2 rings (SSSR count). The van der Waals surface area contributed by atoms with Crippen LogP contribution in [0.4, 0.5) is 13.2 Å². The lowest BCUT2D eigenvalue weighted by Crippen LogP contribution is -2.14. The molecule has 1 aromatic heterocycles. The summed E-state index contributed by atoms with van der Waals surface area (Å²) in [6.07, 6.45) is -5.58. The van der Waals surface area contributed by atoms with Gasteiger partial charge in [-0.2, -0.15) is 8.42 Å². The average Bonchev–Trinajstić information content (AvgIpc) is 3.06. The van der Waals surface area contributed by atoms with Crippen molar-refractivity contribution in [3.63, 3.8) is 0 Å². The number of rotatable bonds is 6. The molecule has 0 spiro atoms. The minimum atomic E-state index is -4.58. The average molecular weight is 378 g/mol. The first kappa shape index (κ1) is 18.5. The molecule has 0 radical (unpaired) electrons. The first-order valence-corrected chi connectivity index (χ1v) is 8.91. The lowest BCUT2D eigenvalue weighted by Gasteiger charge is -2.16. The number of hydrogen-bond acceptors (Lipinski definition) is 5. The third-order valence-corrected chi connectivity index (χ3v) is 5.17. The molecule has 1 unspecified atom stereocenters. The maximum Gasteiger partial charge on any atom is 0.339 e. The fourth-order valence-corrected chi connectivity index (χ4v) is 3.45. The molecule has 0 amide bonds. The topological polar surface area (TPSA) is 63.6 Å². The Morgan fingerprint density at radius 2 is 1.83 bits per heavy atom. The fourth-order valence-electron chi connectivity index (χ4n) is 1.77. The van der Waals surface area contributed by atoms with Crippen molar-refractivity contribution in [3.05, 3.63) is 63.8 Å². The molecule has 0 aliphatic rings. The predicted molar refractivity (Wildman–Crippen MR) is 82.9 cm³/mol. The van der Waals surface area contributed by atoms with Crippen LogP contribution in [0.3, 0.4) is 0 Å². The molecule has 1 heterocycles. The molecule has 130 valence electrons. The largest absolute Gasteiger partial charge is 0.379 e. The summed E-state index contributed by atoms with van der Waals surface area (Å²) in [6.45, 7) is 1.72. The normalized spacial score (nSPS) is 14.4. The van der Waals surface area contributed by atoms with Crippen LogP contribution in [0.2, 0.25) is 0 Å². The van der Waals surface area contributed by atoms with Gasteiger partial charge in [0.05, 0.1) is 0 Å². The van der Waals surface area contributed by atoms with Crippen LogP contribution in [0.25, 0.3) is 0 Å². The van der Waals surface area contributed by atoms with Crippen molar-refractivity contribution in [1.29, 1.82) is 0 Å². The number of aryl methyl sites for hydroxylation is 1. The molecular weight excluding hydrogens is 365 g/mol. The van der Waals surface area contributed by atoms with Crippen LogP contribution in [0.15, 0.2) is 58.3 Å². The van der Waals surface area contributed by atoms with E-state index in [1.807, 2.05) is 0 Å². The Balaban J connectivity index is 2.42. The minimum absolute atomic E-state index is 0.0694. The molecule has 0 aliphatic heterocycles. The van der Waals surface area contributed by atoms with Gasteiger partial charge in [-0.25, -0.2) is 13.2 Å². The maximum absolute atomic E-state index is 13.7. The lowest BCUT2D eigenvalue weighted by atomic mass is 10.2. The number of aliphatic hydroxyl groups excluding tert-OH is 1. The van der Waals surface area contributed by atoms with E-state index in [0.717, 1.165) is 16.9 Å². The summed E-state index contributed by atoms with van der Waals surface area (Å²) >= 11 is 0.942. The van der Waals surface area contributed by atoms with Crippen molar-refractivity contribution < 1.29 is 30.9 Å². The monoisotopic (exact) mass is 378 g/mol. The van der Waals surface area contributed by atoms with E-state index in [2.05, 4.69) is 4.18 Å². The van der Waals surface area contributed by atoms with Gasteiger partial charge in [0, 0.05) is 4.88 Å². The highest BCUT2D eigenvalue weighted by atomic mass is 32.2. The van der Waals surface area contributed by atoms with Gasteiger partial charge in [-0.1, -0.05) is 23.8 Å². The van der Waals surface area contributed by atoms with Crippen molar-refractivity contribution in [2.24, 2.45) is 0 Å². The second kappa shape index (κ2) is 7.37. The fraction of sp³-hybridized carbons (Fsp3) is 0.200. The van der Waals surface area contributed by atoms with Crippen molar-refractivity contribution >= 4 is 21.5 Å². The van der Waals surface area contributed by atoms with E-state index in [0.29, 0.717) is 0 Å². The Hall–Kier alpha value is -1.84. The molecule has 9 heteroatoms. The zero-order valence-corrected chi connectivity index (χ0v) is 14.0. The Morgan fingerprint density at radius 3 is 2.33 bits per heavy atom. The SMILES string of the molecule is Cc1ccc(S(=O)(=O)O/C(=C(\F)C(F)F)C(O)c2cccs2)cc1. The molecule has 4 nitrogen and oxygen atoms in total. The quantitative estimate of drug-likeness (QED) is 0.611. The van der Waals surface area contributed by atoms with E-state index < -0.39 is 34.2 Å². The summed E-state index contributed by atoms with van der Waals surface area (Å²) in [5.74, 6) is -3.47. The number of allylic oxidation sites excluding steroid dienone is 1. The number of halogens is 3. The van der Waals surface area contributed by atoms with E-state index in [1.54, 1.807) is 6.92 Å². The van der Waals surface area contributed by atoms with Crippen molar-refractivity contribution in [1.82, 2.24) is 0 Å². The standard InChI is InChI=1S/C15H13F3O4S2/c1-9-4-6-10(7-5-9)24(20,21)22-14(12(16)15(17)18)13(19)11-3-2-8-23-11/h2-8,13,15,19H,1H3/b14-12-. The summed E-state index contributed by atoms with van der Waals surface area (Å²) in [6, 6.07) is 8.17. The number of thiophene rings is 1. The van der Waals surface area contributed by atoms with E-state index >= 15 is 0 Å². The van der Waals surface area contributed by atoms with Crippen molar-refractivity contribution in [2.75, 3.05) is 0 Å². The van der Waals surface area contributed by atoms with Gasteiger partial charge in [-0.05, 0) is 30.5 Å². The Kier molecular flexibility index (Phi) is 5.68. The zero-order valence-electron chi connectivity index (χ0n) is 12.3. The van der Waals surface area contributed by atoms with Gasteiger partial charge < -0.3 is 9.29 Å². The number of benzene rings is 1. The lowest BCUT2D eigenvalue weighted by molar-refractivity contribution is 0.119. The Labute approximate surface area is 141 Å².